The van der Waals surface area contributed by atoms with Crippen LogP contribution in [0.15, 0.2) is 12.2 Å². The van der Waals surface area contributed by atoms with Crippen molar-refractivity contribution in [3.05, 3.63) is 12.2 Å². The minimum atomic E-state index is -0.838. The third-order valence-corrected chi connectivity index (χ3v) is 3.93. The van der Waals surface area contributed by atoms with E-state index in [2.05, 4.69) is 6.58 Å². The van der Waals surface area contributed by atoms with Gasteiger partial charge in [0.1, 0.15) is 5.73 Å². The molecule has 0 saturated heterocycles. The number of carbonyl (C=O) groups is 1. The summed E-state index contributed by atoms with van der Waals surface area (Å²) in [5, 5.41) is 0. The van der Waals surface area contributed by atoms with Crippen molar-refractivity contribution in [2.24, 2.45) is 0 Å². The van der Waals surface area contributed by atoms with E-state index in [1.807, 2.05) is 27.7 Å². The second kappa shape index (κ2) is 6.08. The van der Waals surface area contributed by atoms with Gasteiger partial charge in [-0.15, -0.1) is 0 Å². The Morgan fingerprint density at radius 3 is 2.33 bits per heavy atom. The van der Waals surface area contributed by atoms with Gasteiger partial charge < -0.3 is 9.16 Å². The number of esters is 1. The van der Waals surface area contributed by atoms with Gasteiger partial charge in [0, 0.05) is 11.2 Å². The number of hydrogen-bond donors (Lipinski definition) is 0. The van der Waals surface area contributed by atoms with Gasteiger partial charge in [-0.05, 0) is 34.1 Å². The Kier molecular flexibility index (Phi) is 5.83. The maximum Gasteiger partial charge on any atom is 0.333 e. The zero-order chi connectivity index (χ0) is 12.1. The molecule has 88 valence electrons. The van der Waals surface area contributed by atoms with Gasteiger partial charge in [0.2, 0.25) is 9.76 Å². The molecule has 0 aromatic carbocycles. The molecule has 3 nitrogen and oxygen atoms in total. The van der Waals surface area contributed by atoms with Crippen molar-refractivity contribution in [2.45, 2.75) is 52.4 Å². The summed E-state index contributed by atoms with van der Waals surface area (Å²) in [4.78, 5) is 11.3. The van der Waals surface area contributed by atoms with Crippen LogP contribution in [0.3, 0.4) is 0 Å². The van der Waals surface area contributed by atoms with E-state index in [0.29, 0.717) is 5.57 Å². The molecule has 1 unspecified atom stereocenters. The first-order chi connectivity index (χ1) is 6.76. The lowest BCUT2D eigenvalue weighted by Crippen LogP contribution is -2.32. The summed E-state index contributed by atoms with van der Waals surface area (Å²) in [5.41, 5.74) is 0.251. The first kappa shape index (κ1) is 14.4. The highest BCUT2D eigenvalue weighted by Gasteiger charge is 2.18. The molecule has 0 fully saturated rings. The van der Waals surface area contributed by atoms with Crippen LogP contribution in [0.4, 0.5) is 0 Å². The standard InChI is InChI=1S/C11H22O3Si/c1-7-9(13-10(12)8(2)3)15-14-11(4,5)6/h9H,2,7,15H2,1,3-6H3. The Balaban J connectivity index is 4.04. The highest BCUT2D eigenvalue weighted by atomic mass is 28.2. The van der Waals surface area contributed by atoms with Crippen LogP contribution in [0.1, 0.15) is 41.0 Å². The number of rotatable bonds is 5. The molecular formula is C11H22O3Si. The zero-order valence-corrected chi connectivity index (χ0v) is 11.8. The molecule has 0 spiro atoms. The normalized spacial score (nSPS) is 14.2. The van der Waals surface area contributed by atoms with Crippen LogP contribution in [0.2, 0.25) is 0 Å². The Morgan fingerprint density at radius 2 is 2.00 bits per heavy atom. The van der Waals surface area contributed by atoms with Crippen LogP contribution in [-0.4, -0.2) is 27.1 Å². The molecule has 0 aromatic rings. The lowest BCUT2D eigenvalue weighted by molar-refractivity contribution is -0.141. The minimum Gasteiger partial charge on any atom is -0.461 e. The van der Waals surface area contributed by atoms with Gasteiger partial charge in [0.25, 0.3) is 0 Å². The Hall–Kier alpha value is -0.613. The second-order valence-electron chi connectivity index (χ2n) is 4.64. The molecule has 1 atom stereocenters. The summed E-state index contributed by atoms with van der Waals surface area (Å²) in [7, 11) is -0.838. The number of ether oxygens (including phenoxy) is 1. The molecule has 4 heteroatoms. The first-order valence-electron chi connectivity index (χ1n) is 5.26. The van der Waals surface area contributed by atoms with E-state index >= 15 is 0 Å². The van der Waals surface area contributed by atoms with Crippen LogP contribution in [0.5, 0.6) is 0 Å². The van der Waals surface area contributed by atoms with E-state index in [1.165, 1.54) is 0 Å². The summed E-state index contributed by atoms with van der Waals surface area (Å²) in [5.74, 6) is -0.313. The van der Waals surface area contributed by atoms with Crippen LogP contribution < -0.4 is 0 Å². The van der Waals surface area contributed by atoms with Crippen LogP contribution in [0.25, 0.3) is 0 Å². The molecule has 0 N–H and O–H groups in total. The van der Waals surface area contributed by atoms with E-state index in [1.54, 1.807) is 6.92 Å². The number of carbonyl (C=O) groups excluding carboxylic acids is 1. The Labute approximate surface area is 94.8 Å². The van der Waals surface area contributed by atoms with Crippen LogP contribution in [0, 0.1) is 0 Å². The SMILES string of the molecule is C=C(C)C(=O)OC(CC)[SiH2]OC(C)(C)C. The van der Waals surface area contributed by atoms with Crippen LogP contribution in [-0.2, 0) is 14.0 Å². The van der Waals surface area contributed by atoms with Gasteiger partial charge in [0.15, 0.2) is 0 Å². The first-order valence-corrected chi connectivity index (χ1v) is 6.66. The van der Waals surface area contributed by atoms with E-state index < -0.39 is 9.76 Å². The van der Waals surface area contributed by atoms with Crippen molar-refractivity contribution < 1.29 is 14.0 Å². The van der Waals surface area contributed by atoms with Gasteiger partial charge in [-0.2, -0.15) is 0 Å². The molecule has 0 amide bonds. The summed E-state index contributed by atoms with van der Waals surface area (Å²) < 4.78 is 10.9. The molecule has 0 aliphatic rings. The molecule has 0 aliphatic carbocycles. The molecule has 0 radical (unpaired) electrons. The van der Waals surface area contributed by atoms with Gasteiger partial charge in [-0.3, -0.25) is 0 Å². The summed E-state index contributed by atoms with van der Waals surface area (Å²) in [6.45, 7) is 13.2. The van der Waals surface area contributed by atoms with Crippen molar-refractivity contribution >= 4 is 15.7 Å². The zero-order valence-electron chi connectivity index (χ0n) is 10.4. The fourth-order valence-electron chi connectivity index (χ4n) is 0.830. The maximum absolute atomic E-state index is 11.3. The van der Waals surface area contributed by atoms with Crippen LogP contribution >= 0.6 is 0 Å². The lowest BCUT2D eigenvalue weighted by atomic mass is 10.2. The van der Waals surface area contributed by atoms with Gasteiger partial charge in [-0.25, -0.2) is 4.79 Å². The summed E-state index contributed by atoms with van der Waals surface area (Å²) in [6.07, 6.45) is 0.807. The highest BCUT2D eigenvalue weighted by molar-refractivity contribution is 6.29. The summed E-state index contributed by atoms with van der Waals surface area (Å²) in [6, 6.07) is 0. The molecule has 0 rings (SSSR count). The quantitative estimate of drug-likeness (QED) is 0.410. The van der Waals surface area contributed by atoms with Crippen molar-refractivity contribution in [1.29, 1.82) is 0 Å². The third kappa shape index (κ3) is 7.33. The molecule has 0 saturated carbocycles. The van der Waals surface area contributed by atoms with E-state index in [9.17, 15) is 4.79 Å². The lowest BCUT2D eigenvalue weighted by Gasteiger charge is -2.23. The van der Waals surface area contributed by atoms with E-state index in [-0.39, 0.29) is 17.3 Å². The predicted octanol–water partition coefficient (Wildman–Crippen LogP) is 1.74. The molecule has 15 heavy (non-hydrogen) atoms. The van der Waals surface area contributed by atoms with Gasteiger partial charge in [0.05, 0.1) is 0 Å². The fourth-order valence-corrected chi connectivity index (χ4v) is 1.97. The van der Waals surface area contributed by atoms with E-state index in [0.717, 1.165) is 6.42 Å². The average molecular weight is 230 g/mol. The van der Waals surface area contributed by atoms with Crippen molar-refractivity contribution in [1.82, 2.24) is 0 Å². The highest BCUT2D eigenvalue weighted by Crippen LogP contribution is 2.09. The molecule has 0 aromatic heterocycles. The smallest absolute Gasteiger partial charge is 0.333 e. The predicted molar refractivity (Wildman–Crippen MR) is 64.4 cm³/mol. The Morgan fingerprint density at radius 1 is 1.47 bits per heavy atom. The third-order valence-electron chi connectivity index (χ3n) is 1.78. The van der Waals surface area contributed by atoms with Gasteiger partial charge >= 0.3 is 5.97 Å². The van der Waals surface area contributed by atoms with Crippen molar-refractivity contribution in [3.63, 3.8) is 0 Å². The topological polar surface area (TPSA) is 35.5 Å². The monoisotopic (exact) mass is 230 g/mol. The van der Waals surface area contributed by atoms with Crippen molar-refractivity contribution in [2.75, 3.05) is 0 Å². The molecule has 0 heterocycles. The summed E-state index contributed by atoms with van der Waals surface area (Å²) >= 11 is 0. The number of hydrogen-bond acceptors (Lipinski definition) is 3. The van der Waals surface area contributed by atoms with Crippen molar-refractivity contribution in [3.8, 4) is 0 Å². The van der Waals surface area contributed by atoms with Gasteiger partial charge in [-0.1, -0.05) is 13.5 Å². The molecule has 0 bridgehead atoms. The largest absolute Gasteiger partial charge is 0.461 e. The fraction of sp³-hybridized carbons (Fsp3) is 0.727. The Bertz CT molecular complexity index is 230. The molecule has 0 aliphatic heterocycles. The second-order valence-corrected chi connectivity index (χ2v) is 6.17. The average Bonchev–Trinajstić information content (AvgIpc) is 2.10. The van der Waals surface area contributed by atoms with E-state index in [4.69, 9.17) is 9.16 Å². The molecular weight excluding hydrogens is 208 g/mol. The minimum absolute atomic E-state index is 0.0478. The maximum atomic E-state index is 11.3.